The van der Waals surface area contributed by atoms with E-state index < -0.39 is 0 Å². The molecule has 0 aliphatic heterocycles. The van der Waals surface area contributed by atoms with Gasteiger partial charge in [0, 0.05) is 26.2 Å². The minimum Gasteiger partial charge on any atom is -0.358 e. The van der Waals surface area contributed by atoms with Crippen LogP contribution in [0.4, 0.5) is 5.82 Å². The lowest BCUT2D eigenvalue weighted by Gasteiger charge is -2.19. The maximum absolute atomic E-state index is 4.45. The van der Waals surface area contributed by atoms with E-state index in [1.165, 1.54) is 12.8 Å². The number of anilines is 1. The minimum atomic E-state index is 0.637. The standard InChI is InChI=1S/C13H22N4/c1-10(2)9-17(3)13-8-15-12(7-16-13)6-14-11-4-5-11/h7-8,10-11,14H,4-6,9H2,1-3H3. The van der Waals surface area contributed by atoms with Crippen molar-refractivity contribution in [1.29, 1.82) is 0 Å². The van der Waals surface area contributed by atoms with Crippen molar-refractivity contribution in [2.24, 2.45) is 5.92 Å². The number of hydrogen-bond acceptors (Lipinski definition) is 4. The molecule has 1 fully saturated rings. The van der Waals surface area contributed by atoms with Crippen LogP contribution < -0.4 is 10.2 Å². The molecule has 0 spiro atoms. The van der Waals surface area contributed by atoms with Crippen LogP contribution >= 0.6 is 0 Å². The van der Waals surface area contributed by atoms with Crippen molar-refractivity contribution in [1.82, 2.24) is 15.3 Å². The molecule has 0 radical (unpaired) electrons. The van der Waals surface area contributed by atoms with Crippen LogP contribution in [0.1, 0.15) is 32.4 Å². The van der Waals surface area contributed by atoms with Crippen molar-refractivity contribution >= 4 is 5.82 Å². The summed E-state index contributed by atoms with van der Waals surface area (Å²) in [5.74, 6) is 1.59. The van der Waals surface area contributed by atoms with Crippen molar-refractivity contribution in [3.05, 3.63) is 18.1 Å². The molecular weight excluding hydrogens is 212 g/mol. The molecule has 0 atom stereocenters. The van der Waals surface area contributed by atoms with Gasteiger partial charge in [-0.3, -0.25) is 4.98 Å². The van der Waals surface area contributed by atoms with E-state index in [4.69, 9.17) is 0 Å². The van der Waals surface area contributed by atoms with E-state index in [2.05, 4.69) is 41.1 Å². The van der Waals surface area contributed by atoms with E-state index in [1.54, 1.807) is 0 Å². The predicted octanol–water partition coefficient (Wildman–Crippen LogP) is 1.82. The number of aromatic nitrogens is 2. The van der Waals surface area contributed by atoms with E-state index in [1.807, 2.05) is 12.4 Å². The number of nitrogens with one attached hydrogen (secondary N) is 1. The lowest BCUT2D eigenvalue weighted by atomic mass is 10.2. The van der Waals surface area contributed by atoms with Crippen LogP contribution in [0.5, 0.6) is 0 Å². The first-order chi connectivity index (χ1) is 8.15. The van der Waals surface area contributed by atoms with Crippen LogP contribution in [0.2, 0.25) is 0 Å². The zero-order chi connectivity index (χ0) is 12.3. The fourth-order valence-electron chi connectivity index (χ4n) is 1.81. The summed E-state index contributed by atoms with van der Waals surface area (Å²) in [7, 11) is 2.06. The Bertz CT molecular complexity index is 343. The van der Waals surface area contributed by atoms with E-state index >= 15 is 0 Å². The molecule has 0 amide bonds. The molecule has 1 aromatic rings. The van der Waals surface area contributed by atoms with Gasteiger partial charge in [-0.2, -0.15) is 0 Å². The maximum Gasteiger partial charge on any atom is 0.146 e. The van der Waals surface area contributed by atoms with Gasteiger partial charge in [-0.05, 0) is 18.8 Å². The van der Waals surface area contributed by atoms with Gasteiger partial charge in [0.25, 0.3) is 0 Å². The molecule has 0 unspecified atom stereocenters. The third kappa shape index (κ3) is 3.97. The van der Waals surface area contributed by atoms with E-state index in [0.29, 0.717) is 5.92 Å². The second kappa shape index (κ2) is 5.45. The lowest BCUT2D eigenvalue weighted by molar-refractivity contribution is 0.632. The highest BCUT2D eigenvalue weighted by Crippen LogP contribution is 2.19. The Hall–Kier alpha value is -1.16. The first-order valence-corrected chi connectivity index (χ1v) is 6.40. The molecule has 2 rings (SSSR count). The van der Waals surface area contributed by atoms with Gasteiger partial charge in [-0.25, -0.2) is 4.98 Å². The molecule has 0 bridgehead atoms. The summed E-state index contributed by atoms with van der Waals surface area (Å²) in [6, 6.07) is 0.722. The Kier molecular flexibility index (Phi) is 3.94. The van der Waals surface area contributed by atoms with Gasteiger partial charge in [-0.1, -0.05) is 13.8 Å². The van der Waals surface area contributed by atoms with Gasteiger partial charge in [-0.15, -0.1) is 0 Å². The fourth-order valence-corrected chi connectivity index (χ4v) is 1.81. The minimum absolute atomic E-state index is 0.637. The zero-order valence-electron chi connectivity index (χ0n) is 11.0. The summed E-state index contributed by atoms with van der Waals surface area (Å²) in [6.45, 7) is 6.26. The normalized spacial score (nSPS) is 15.3. The number of rotatable bonds is 6. The fraction of sp³-hybridized carbons (Fsp3) is 0.692. The molecule has 4 nitrogen and oxygen atoms in total. The van der Waals surface area contributed by atoms with E-state index in [-0.39, 0.29) is 0 Å². The Morgan fingerprint density at radius 1 is 1.35 bits per heavy atom. The molecular formula is C13H22N4. The molecule has 0 aromatic carbocycles. The smallest absolute Gasteiger partial charge is 0.146 e. The van der Waals surface area contributed by atoms with E-state index in [9.17, 15) is 0 Å². The average Bonchev–Trinajstić information content (AvgIpc) is 3.10. The first-order valence-electron chi connectivity index (χ1n) is 6.40. The Labute approximate surface area is 103 Å². The highest BCUT2D eigenvalue weighted by atomic mass is 15.2. The molecule has 1 saturated carbocycles. The third-order valence-corrected chi connectivity index (χ3v) is 2.87. The zero-order valence-corrected chi connectivity index (χ0v) is 11.0. The van der Waals surface area contributed by atoms with Crippen LogP contribution in [0, 0.1) is 5.92 Å². The largest absolute Gasteiger partial charge is 0.358 e. The van der Waals surface area contributed by atoms with Crippen molar-refractivity contribution in [2.75, 3.05) is 18.5 Å². The second-order valence-electron chi connectivity index (χ2n) is 5.30. The monoisotopic (exact) mass is 234 g/mol. The second-order valence-corrected chi connectivity index (χ2v) is 5.30. The van der Waals surface area contributed by atoms with Gasteiger partial charge in [0.2, 0.25) is 0 Å². The summed E-state index contributed by atoms with van der Waals surface area (Å²) < 4.78 is 0. The SMILES string of the molecule is CC(C)CN(C)c1cnc(CNC2CC2)cn1. The average molecular weight is 234 g/mol. The highest BCUT2D eigenvalue weighted by Gasteiger charge is 2.20. The van der Waals surface area contributed by atoms with Crippen LogP contribution in [0.25, 0.3) is 0 Å². The Balaban J connectivity index is 1.87. The van der Waals surface area contributed by atoms with Gasteiger partial charge >= 0.3 is 0 Å². The molecule has 1 aliphatic rings. The van der Waals surface area contributed by atoms with Crippen molar-refractivity contribution < 1.29 is 0 Å². The van der Waals surface area contributed by atoms with Gasteiger partial charge in [0.15, 0.2) is 0 Å². The number of nitrogens with zero attached hydrogens (tertiary/aromatic N) is 3. The summed E-state index contributed by atoms with van der Waals surface area (Å²) in [5.41, 5.74) is 1.03. The van der Waals surface area contributed by atoms with Crippen molar-refractivity contribution in [3.8, 4) is 0 Å². The molecule has 17 heavy (non-hydrogen) atoms. The van der Waals surface area contributed by atoms with Gasteiger partial charge in [0.05, 0.1) is 18.1 Å². The Morgan fingerprint density at radius 2 is 2.12 bits per heavy atom. The van der Waals surface area contributed by atoms with Crippen LogP contribution in [-0.4, -0.2) is 29.6 Å². The quantitative estimate of drug-likeness (QED) is 0.815. The first kappa shape index (κ1) is 12.3. The van der Waals surface area contributed by atoms with Crippen LogP contribution in [0.3, 0.4) is 0 Å². The Morgan fingerprint density at radius 3 is 2.65 bits per heavy atom. The summed E-state index contributed by atoms with van der Waals surface area (Å²) in [4.78, 5) is 11.0. The van der Waals surface area contributed by atoms with Crippen molar-refractivity contribution in [2.45, 2.75) is 39.3 Å². The third-order valence-electron chi connectivity index (χ3n) is 2.87. The van der Waals surface area contributed by atoms with Crippen LogP contribution in [-0.2, 0) is 6.54 Å². The topological polar surface area (TPSA) is 41.1 Å². The molecule has 0 saturated heterocycles. The molecule has 4 heteroatoms. The molecule has 1 heterocycles. The predicted molar refractivity (Wildman–Crippen MR) is 70.0 cm³/mol. The molecule has 94 valence electrons. The van der Waals surface area contributed by atoms with Crippen molar-refractivity contribution in [3.63, 3.8) is 0 Å². The summed E-state index contributed by atoms with van der Waals surface area (Å²) in [5, 5.41) is 3.44. The molecule has 1 aromatic heterocycles. The molecule has 1 N–H and O–H groups in total. The molecule has 1 aliphatic carbocycles. The highest BCUT2D eigenvalue weighted by molar-refractivity contribution is 5.34. The van der Waals surface area contributed by atoms with Crippen LogP contribution in [0.15, 0.2) is 12.4 Å². The summed E-state index contributed by atoms with van der Waals surface area (Å²) in [6.07, 6.45) is 6.36. The number of hydrogen-bond donors (Lipinski definition) is 1. The van der Waals surface area contributed by atoms with Gasteiger partial charge < -0.3 is 10.2 Å². The summed E-state index contributed by atoms with van der Waals surface area (Å²) >= 11 is 0. The van der Waals surface area contributed by atoms with E-state index in [0.717, 1.165) is 30.6 Å². The maximum atomic E-state index is 4.45. The van der Waals surface area contributed by atoms with Gasteiger partial charge in [0.1, 0.15) is 5.82 Å². The lowest BCUT2D eigenvalue weighted by Crippen LogP contribution is -2.24.